The van der Waals surface area contributed by atoms with E-state index in [4.69, 9.17) is 4.42 Å². The van der Waals surface area contributed by atoms with Gasteiger partial charge in [0.2, 0.25) is 0 Å². The van der Waals surface area contributed by atoms with Gasteiger partial charge in [-0.1, -0.05) is 0 Å². The maximum atomic E-state index is 12.0. The highest BCUT2D eigenvalue weighted by Crippen LogP contribution is 2.18. The molecule has 0 aliphatic carbocycles. The molecule has 1 amide bonds. The molecule has 0 radical (unpaired) electrons. The van der Waals surface area contributed by atoms with Crippen LogP contribution in [0, 0.1) is 0 Å². The number of carbonyl (C=O) groups is 1. The van der Waals surface area contributed by atoms with Crippen LogP contribution in [0.5, 0.6) is 0 Å². The SMILES string of the molecule is Cn1nccc1C(=O)Nc1ccc2ocnc2c1. The highest BCUT2D eigenvalue weighted by Gasteiger charge is 2.10. The first-order chi connectivity index (χ1) is 8.74. The van der Waals surface area contributed by atoms with Crippen molar-refractivity contribution >= 4 is 22.7 Å². The van der Waals surface area contributed by atoms with Crippen molar-refractivity contribution in [2.45, 2.75) is 0 Å². The van der Waals surface area contributed by atoms with Crippen molar-refractivity contribution < 1.29 is 9.21 Å². The Morgan fingerprint density at radius 3 is 3.06 bits per heavy atom. The topological polar surface area (TPSA) is 73.0 Å². The second-order valence-corrected chi connectivity index (χ2v) is 3.83. The summed E-state index contributed by atoms with van der Waals surface area (Å²) >= 11 is 0. The third-order valence-electron chi connectivity index (χ3n) is 2.64. The molecule has 0 saturated heterocycles. The summed E-state index contributed by atoms with van der Waals surface area (Å²) in [5.41, 5.74) is 2.56. The van der Waals surface area contributed by atoms with Gasteiger partial charge in [0.15, 0.2) is 12.0 Å². The molecule has 0 unspecified atom stereocenters. The van der Waals surface area contributed by atoms with Crippen molar-refractivity contribution in [1.29, 1.82) is 0 Å². The molecule has 0 bridgehead atoms. The Morgan fingerprint density at radius 2 is 2.28 bits per heavy atom. The Morgan fingerprint density at radius 1 is 1.39 bits per heavy atom. The fourth-order valence-corrected chi connectivity index (χ4v) is 1.73. The number of fused-ring (bicyclic) bond motifs is 1. The Hall–Kier alpha value is -2.63. The lowest BCUT2D eigenvalue weighted by Crippen LogP contribution is -2.15. The van der Waals surface area contributed by atoms with Crippen LogP contribution in [0.3, 0.4) is 0 Å². The van der Waals surface area contributed by atoms with Crippen LogP contribution in [0.25, 0.3) is 11.1 Å². The van der Waals surface area contributed by atoms with Crippen molar-refractivity contribution in [3.8, 4) is 0 Å². The van der Waals surface area contributed by atoms with Crippen molar-refractivity contribution in [2.24, 2.45) is 7.05 Å². The van der Waals surface area contributed by atoms with E-state index in [0.29, 0.717) is 22.5 Å². The first-order valence-electron chi connectivity index (χ1n) is 5.36. The van der Waals surface area contributed by atoms with E-state index in [2.05, 4.69) is 15.4 Å². The lowest BCUT2D eigenvalue weighted by molar-refractivity contribution is 0.101. The largest absolute Gasteiger partial charge is 0.443 e. The molecule has 2 aromatic heterocycles. The number of aromatic nitrogens is 3. The van der Waals surface area contributed by atoms with E-state index in [1.165, 1.54) is 11.1 Å². The zero-order valence-electron chi connectivity index (χ0n) is 9.62. The summed E-state index contributed by atoms with van der Waals surface area (Å²) in [6.07, 6.45) is 2.95. The fraction of sp³-hybridized carbons (Fsp3) is 0.0833. The summed E-state index contributed by atoms with van der Waals surface area (Å²) in [5, 5.41) is 6.74. The van der Waals surface area contributed by atoms with Gasteiger partial charge in [0.05, 0.1) is 0 Å². The number of oxazole rings is 1. The predicted molar refractivity (Wildman–Crippen MR) is 65.2 cm³/mol. The highest BCUT2D eigenvalue weighted by molar-refractivity contribution is 6.03. The quantitative estimate of drug-likeness (QED) is 0.743. The van der Waals surface area contributed by atoms with E-state index < -0.39 is 0 Å². The molecule has 6 nitrogen and oxygen atoms in total. The summed E-state index contributed by atoms with van der Waals surface area (Å²) in [7, 11) is 1.72. The van der Waals surface area contributed by atoms with Gasteiger partial charge in [0.25, 0.3) is 5.91 Å². The number of amides is 1. The highest BCUT2D eigenvalue weighted by atomic mass is 16.3. The van der Waals surface area contributed by atoms with Crippen LogP contribution >= 0.6 is 0 Å². The van der Waals surface area contributed by atoms with E-state index in [9.17, 15) is 4.79 Å². The molecule has 0 aliphatic heterocycles. The van der Waals surface area contributed by atoms with E-state index in [1.54, 1.807) is 37.5 Å². The fourth-order valence-electron chi connectivity index (χ4n) is 1.73. The van der Waals surface area contributed by atoms with Gasteiger partial charge in [-0.05, 0) is 24.3 Å². The number of hydrogen-bond donors (Lipinski definition) is 1. The number of nitrogens with zero attached hydrogens (tertiary/aromatic N) is 3. The van der Waals surface area contributed by atoms with Crippen molar-refractivity contribution in [2.75, 3.05) is 5.32 Å². The molecule has 2 heterocycles. The second kappa shape index (κ2) is 3.99. The van der Waals surface area contributed by atoms with Gasteiger partial charge in [-0.3, -0.25) is 9.48 Å². The van der Waals surface area contributed by atoms with E-state index in [-0.39, 0.29) is 5.91 Å². The third kappa shape index (κ3) is 1.73. The molecule has 3 aromatic rings. The second-order valence-electron chi connectivity index (χ2n) is 3.83. The number of nitrogens with one attached hydrogen (secondary N) is 1. The normalized spacial score (nSPS) is 10.7. The third-order valence-corrected chi connectivity index (χ3v) is 2.64. The molecule has 6 heteroatoms. The molecule has 0 spiro atoms. The average molecular weight is 242 g/mol. The lowest BCUT2D eigenvalue weighted by Gasteiger charge is -2.04. The van der Waals surface area contributed by atoms with E-state index in [0.717, 1.165) is 0 Å². The molecule has 0 aliphatic rings. The zero-order chi connectivity index (χ0) is 12.5. The standard InChI is InChI=1S/C12H10N4O2/c1-16-10(4-5-14-16)12(17)15-8-2-3-11-9(6-8)13-7-18-11/h2-7H,1H3,(H,15,17). The summed E-state index contributed by atoms with van der Waals surface area (Å²) in [4.78, 5) is 16.0. The number of benzene rings is 1. The van der Waals surface area contributed by atoms with Gasteiger partial charge in [-0.25, -0.2) is 4.98 Å². The Bertz CT molecular complexity index is 714. The molecule has 18 heavy (non-hydrogen) atoms. The molecule has 1 aromatic carbocycles. The minimum atomic E-state index is -0.210. The molecule has 90 valence electrons. The summed E-state index contributed by atoms with van der Waals surface area (Å²) in [6.45, 7) is 0. The molecular formula is C12H10N4O2. The molecule has 0 atom stereocenters. The summed E-state index contributed by atoms with van der Waals surface area (Å²) < 4.78 is 6.65. The smallest absolute Gasteiger partial charge is 0.273 e. The van der Waals surface area contributed by atoms with Gasteiger partial charge in [0.1, 0.15) is 11.2 Å². The Balaban J connectivity index is 1.88. The molecule has 0 fully saturated rings. The number of carbonyl (C=O) groups excluding carboxylic acids is 1. The van der Waals surface area contributed by atoms with Gasteiger partial charge in [0, 0.05) is 18.9 Å². The van der Waals surface area contributed by atoms with Gasteiger partial charge >= 0.3 is 0 Å². The number of rotatable bonds is 2. The van der Waals surface area contributed by atoms with Crippen LogP contribution in [0.2, 0.25) is 0 Å². The van der Waals surface area contributed by atoms with Crippen molar-refractivity contribution in [3.05, 3.63) is 42.5 Å². The average Bonchev–Trinajstić information content (AvgIpc) is 2.96. The summed E-state index contributed by atoms with van der Waals surface area (Å²) in [6, 6.07) is 6.94. The maximum Gasteiger partial charge on any atom is 0.273 e. The minimum Gasteiger partial charge on any atom is -0.443 e. The Labute approximate surface area is 102 Å². The zero-order valence-corrected chi connectivity index (χ0v) is 9.62. The number of hydrogen-bond acceptors (Lipinski definition) is 4. The first kappa shape index (κ1) is 10.5. The van der Waals surface area contributed by atoms with Crippen LogP contribution in [0.15, 0.2) is 41.3 Å². The molecule has 1 N–H and O–H groups in total. The van der Waals surface area contributed by atoms with E-state index in [1.807, 2.05) is 0 Å². The Kier molecular flexibility index (Phi) is 2.33. The summed E-state index contributed by atoms with van der Waals surface area (Å²) in [5.74, 6) is -0.210. The lowest BCUT2D eigenvalue weighted by atomic mass is 10.2. The van der Waals surface area contributed by atoms with Crippen molar-refractivity contribution in [1.82, 2.24) is 14.8 Å². The number of anilines is 1. The molecule has 0 saturated carbocycles. The molecule has 3 rings (SSSR count). The maximum absolute atomic E-state index is 12.0. The monoisotopic (exact) mass is 242 g/mol. The minimum absolute atomic E-state index is 0.210. The van der Waals surface area contributed by atoms with Crippen LogP contribution in [0.1, 0.15) is 10.5 Å². The van der Waals surface area contributed by atoms with E-state index >= 15 is 0 Å². The van der Waals surface area contributed by atoms with Crippen LogP contribution in [0.4, 0.5) is 5.69 Å². The first-order valence-corrected chi connectivity index (χ1v) is 5.36. The van der Waals surface area contributed by atoms with Gasteiger partial charge in [-0.15, -0.1) is 0 Å². The number of aryl methyl sites for hydroxylation is 1. The van der Waals surface area contributed by atoms with Crippen LogP contribution < -0.4 is 5.32 Å². The molecular weight excluding hydrogens is 232 g/mol. The van der Waals surface area contributed by atoms with Gasteiger partial charge < -0.3 is 9.73 Å². The van der Waals surface area contributed by atoms with Crippen molar-refractivity contribution in [3.63, 3.8) is 0 Å². The van der Waals surface area contributed by atoms with Crippen LogP contribution in [-0.4, -0.2) is 20.7 Å². The van der Waals surface area contributed by atoms with Gasteiger partial charge in [-0.2, -0.15) is 5.10 Å². The predicted octanol–water partition coefficient (Wildman–Crippen LogP) is 1.81. The van der Waals surface area contributed by atoms with Crippen LogP contribution in [-0.2, 0) is 7.05 Å².